The van der Waals surface area contributed by atoms with Gasteiger partial charge in [0, 0.05) is 5.75 Å². The van der Waals surface area contributed by atoms with Crippen LogP contribution in [0, 0.1) is 17.2 Å². The number of aromatic nitrogens is 2. The Morgan fingerprint density at radius 1 is 1.37 bits per heavy atom. The van der Waals surface area contributed by atoms with Crippen LogP contribution in [-0.2, 0) is 12.8 Å². The molecule has 0 amide bonds. The maximum Gasteiger partial charge on any atom is 0.166 e. The molecule has 1 aromatic carbocycles. The van der Waals surface area contributed by atoms with E-state index in [-0.39, 0.29) is 5.92 Å². The molecule has 1 atom stereocenters. The lowest BCUT2D eigenvalue weighted by Gasteiger charge is -2.14. The van der Waals surface area contributed by atoms with E-state index in [0.717, 1.165) is 21.9 Å². The van der Waals surface area contributed by atoms with Gasteiger partial charge in [-0.05, 0) is 55.9 Å². The lowest BCUT2D eigenvalue weighted by molar-refractivity contribution is 0.687. The molecule has 1 unspecified atom stereocenters. The van der Waals surface area contributed by atoms with Crippen LogP contribution in [-0.4, -0.2) is 15.7 Å². The number of thioether (sulfide) groups is 1. The van der Waals surface area contributed by atoms with Gasteiger partial charge in [-0.25, -0.2) is 4.98 Å². The van der Waals surface area contributed by atoms with Gasteiger partial charge in [0.25, 0.3) is 0 Å². The van der Waals surface area contributed by atoms with E-state index in [2.05, 4.69) is 28.2 Å². The third-order valence-corrected chi connectivity index (χ3v) is 4.75. The number of fused-ring (bicyclic) bond motifs is 2. The number of hydrogen-bond donors (Lipinski definition) is 1. The van der Waals surface area contributed by atoms with Gasteiger partial charge in [0.2, 0.25) is 0 Å². The van der Waals surface area contributed by atoms with E-state index in [9.17, 15) is 0 Å². The van der Waals surface area contributed by atoms with Crippen molar-refractivity contribution < 1.29 is 0 Å². The van der Waals surface area contributed by atoms with Gasteiger partial charge in [0.05, 0.1) is 23.0 Å². The zero-order valence-corrected chi connectivity index (χ0v) is 11.9. The van der Waals surface area contributed by atoms with E-state index in [1.165, 1.54) is 36.8 Å². The number of H-pyrrole nitrogens is 1. The lowest BCUT2D eigenvalue weighted by Crippen LogP contribution is -2.01. The van der Waals surface area contributed by atoms with E-state index in [4.69, 9.17) is 5.26 Å². The van der Waals surface area contributed by atoms with Crippen LogP contribution in [0.15, 0.2) is 17.3 Å². The molecule has 98 valence electrons. The average Bonchev–Trinajstić information content (AvgIpc) is 2.83. The van der Waals surface area contributed by atoms with Crippen LogP contribution in [0.2, 0.25) is 0 Å². The number of aryl methyl sites for hydroxylation is 2. The summed E-state index contributed by atoms with van der Waals surface area (Å²) in [6.45, 7) is 1.94. The van der Waals surface area contributed by atoms with Crippen LogP contribution in [0.1, 0.15) is 30.9 Å². The van der Waals surface area contributed by atoms with Crippen molar-refractivity contribution in [1.29, 1.82) is 5.26 Å². The first-order chi connectivity index (χ1) is 9.26. The van der Waals surface area contributed by atoms with Gasteiger partial charge >= 0.3 is 0 Å². The minimum Gasteiger partial charge on any atom is -0.333 e. The molecule has 0 saturated heterocycles. The SMILES string of the molecule is CC(C#N)CSc1nc2cc3c(cc2[nH]1)CCCC3. The van der Waals surface area contributed by atoms with Crippen molar-refractivity contribution in [1.82, 2.24) is 9.97 Å². The summed E-state index contributed by atoms with van der Waals surface area (Å²) >= 11 is 1.63. The normalized spacial score (nSPS) is 16.0. The highest BCUT2D eigenvalue weighted by molar-refractivity contribution is 7.99. The molecule has 1 aromatic heterocycles. The highest BCUT2D eigenvalue weighted by Crippen LogP contribution is 2.27. The third kappa shape index (κ3) is 2.62. The third-order valence-electron chi connectivity index (χ3n) is 3.61. The molecule has 1 N–H and O–H groups in total. The van der Waals surface area contributed by atoms with Gasteiger partial charge in [-0.2, -0.15) is 5.26 Å². The van der Waals surface area contributed by atoms with Gasteiger partial charge in [-0.1, -0.05) is 11.8 Å². The number of nitrogens with one attached hydrogen (secondary N) is 1. The second-order valence-corrected chi connectivity index (χ2v) is 6.24. The Labute approximate surface area is 117 Å². The minimum absolute atomic E-state index is 0.0615. The number of benzene rings is 1. The Morgan fingerprint density at radius 3 is 2.84 bits per heavy atom. The van der Waals surface area contributed by atoms with Crippen molar-refractivity contribution in [3.05, 3.63) is 23.3 Å². The molecule has 4 heteroatoms. The van der Waals surface area contributed by atoms with Crippen molar-refractivity contribution in [2.45, 2.75) is 37.8 Å². The van der Waals surface area contributed by atoms with Crippen LogP contribution < -0.4 is 0 Å². The molecule has 2 aromatic rings. The summed E-state index contributed by atoms with van der Waals surface area (Å²) in [5, 5.41) is 9.73. The summed E-state index contributed by atoms with van der Waals surface area (Å²) in [6, 6.07) is 6.74. The summed E-state index contributed by atoms with van der Waals surface area (Å²) in [7, 11) is 0. The number of rotatable bonds is 3. The second-order valence-electron chi connectivity index (χ2n) is 5.23. The van der Waals surface area contributed by atoms with Gasteiger partial charge in [0.15, 0.2) is 5.16 Å². The van der Waals surface area contributed by atoms with E-state index in [1.807, 2.05) is 6.92 Å². The standard InChI is InChI=1S/C15H17N3S/c1-10(8-16)9-19-15-17-13-6-11-4-2-3-5-12(11)7-14(13)18-15/h6-7,10H,2-5,9H2,1H3,(H,17,18). The van der Waals surface area contributed by atoms with Gasteiger partial charge < -0.3 is 4.98 Å². The Kier molecular flexibility index (Phi) is 3.48. The molecule has 19 heavy (non-hydrogen) atoms. The fraction of sp³-hybridized carbons (Fsp3) is 0.467. The van der Waals surface area contributed by atoms with Crippen LogP contribution in [0.3, 0.4) is 0 Å². The molecule has 0 saturated carbocycles. The monoisotopic (exact) mass is 271 g/mol. The number of nitriles is 1. The summed E-state index contributed by atoms with van der Waals surface area (Å²) in [6.07, 6.45) is 4.97. The molecule has 0 spiro atoms. The summed E-state index contributed by atoms with van der Waals surface area (Å²) in [4.78, 5) is 7.99. The molecule has 1 aliphatic rings. The molecule has 3 nitrogen and oxygen atoms in total. The van der Waals surface area contributed by atoms with E-state index in [0.29, 0.717) is 0 Å². The average molecular weight is 271 g/mol. The summed E-state index contributed by atoms with van der Waals surface area (Å²) in [5.41, 5.74) is 5.14. The Morgan fingerprint density at radius 2 is 2.11 bits per heavy atom. The predicted molar refractivity (Wildman–Crippen MR) is 78.2 cm³/mol. The van der Waals surface area contributed by atoms with Crippen LogP contribution in [0.5, 0.6) is 0 Å². The Hall–Kier alpha value is -1.47. The largest absolute Gasteiger partial charge is 0.333 e. The number of hydrogen-bond acceptors (Lipinski definition) is 3. The molecule has 3 rings (SSSR count). The van der Waals surface area contributed by atoms with Crippen LogP contribution >= 0.6 is 11.8 Å². The van der Waals surface area contributed by atoms with E-state index in [1.54, 1.807) is 11.8 Å². The number of imidazole rings is 1. The first-order valence-electron chi connectivity index (χ1n) is 6.80. The molecule has 0 aliphatic heterocycles. The van der Waals surface area contributed by atoms with Crippen molar-refractivity contribution in [2.24, 2.45) is 5.92 Å². The summed E-state index contributed by atoms with van der Waals surface area (Å²) < 4.78 is 0. The predicted octanol–water partition coefficient (Wildman–Crippen LogP) is 3.69. The molecular formula is C15H17N3S. The first kappa shape index (κ1) is 12.6. The Balaban J connectivity index is 1.86. The van der Waals surface area contributed by atoms with Gasteiger partial charge in [-0.3, -0.25) is 0 Å². The first-order valence-corrected chi connectivity index (χ1v) is 7.79. The summed E-state index contributed by atoms with van der Waals surface area (Å²) in [5.74, 6) is 0.849. The number of nitrogens with zero attached hydrogens (tertiary/aromatic N) is 2. The molecule has 1 aliphatic carbocycles. The van der Waals surface area contributed by atoms with E-state index >= 15 is 0 Å². The van der Waals surface area contributed by atoms with Crippen molar-refractivity contribution in [3.8, 4) is 6.07 Å². The van der Waals surface area contributed by atoms with Crippen molar-refractivity contribution in [2.75, 3.05) is 5.75 Å². The fourth-order valence-electron chi connectivity index (χ4n) is 2.53. The van der Waals surface area contributed by atoms with Crippen LogP contribution in [0.4, 0.5) is 0 Å². The molecular weight excluding hydrogens is 254 g/mol. The molecule has 0 fully saturated rings. The maximum absolute atomic E-state index is 8.80. The molecule has 0 bridgehead atoms. The minimum atomic E-state index is 0.0615. The second kappa shape index (κ2) is 5.26. The number of aromatic amines is 1. The molecule has 0 radical (unpaired) electrons. The maximum atomic E-state index is 8.80. The quantitative estimate of drug-likeness (QED) is 0.866. The zero-order valence-electron chi connectivity index (χ0n) is 11.1. The van der Waals surface area contributed by atoms with Crippen molar-refractivity contribution in [3.63, 3.8) is 0 Å². The smallest absolute Gasteiger partial charge is 0.166 e. The molecule has 1 heterocycles. The lowest BCUT2D eigenvalue weighted by atomic mass is 9.91. The zero-order chi connectivity index (χ0) is 13.2. The van der Waals surface area contributed by atoms with Gasteiger partial charge in [-0.15, -0.1) is 0 Å². The fourth-order valence-corrected chi connectivity index (χ4v) is 3.35. The van der Waals surface area contributed by atoms with E-state index < -0.39 is 0 Å². The Bertz CT molecular complexity index is 596. The van der Waals surface area contributed by atoms with Gasteiger partial charge in [0.1, 0.15) is 0 Å². The topological polar surface area (TPSA) is 52.5 Å². The highest BCUT2D eigenvalue weighted by Gasteiger charge is 2.13. The highest BCUT2D eigenvalue weighted by atomic mass is 32.2. The van der Waals surface area contributed by atoms with Crippen LogP contribution in [0.25, 0.3) is 11.0 Å². The van der Waals surface area contributed by atoms with Crippen molar-refractivity contribution >= 4 is 22.8 Å².